The molecule has 0 unspecified atom stereocenters. The summed E-state index contributed by atoms with van der Waals surface area (Å²) in [4.78, 5) is 76.6. The van der Waals surface area contributed by atoms with E-state index < -0.39 is 86.7 Å². The zero-order chi connectivity index (χ0) is 57.7. The maximum atomic E-state index is 12.7. The van der Waals surface area contributed by atoms with Gasteiger partial charge in [0.05, 0.1) is 28.1 Å². The highest BCUT2D eigenvalue weighted by molar-refractivity contribution is 7.89. The average Bonchev–Trinajstić information content (AvgIpc) is 2.71. The molecule has 0 radical (unpaired) electrons. The second-order valence-electron chi connectivity index (χ2n) is 18.7. The van der Waals surface area contributed by atoms with E-state index in [0.29, 0.717) is 47.8 Å². The van der Waals surface area contributed by atoms with Gasteiger partial charge in [-0.25, -0.2) is 65.8 Å². The molecule has 30 nitrogen and oxygen atoms in total. The molecule has 4 aliphatic heterocycles. The summed E-state index contributed by atoms with van der Waals surface area (Å²) in [6, 6.07) is 10.7. The Balaban J connectivity index is 0.000000196. The molecular formula is C49H64N16O14S2. The third-order valence-electron chi connectivity index (χ3n) is 12.2. The van der Waals surface area contributed by atoms with Crippen molar-refractivity contribution in [3.8, 4) is 0 Å². The topological polar surface area (TPSA) is 390 Å². The van der Waals surface area contributed by atoms with Crippen LogP contribution in [0, 0.1) is 0 Å². The maximum Gasteiger partial charge on any atom is 0.324 e. The number of aliphatic imine (C=N–C) groups is 1. The molecule has 6 aromatic rings. The van der Waals surface area contributed by atoms with Gasteiger partial charge in [-0.05, 0) is 90.1 Å². The van der Waals surface area contributed by atoms with Crippen molar-refractivity contribution in [2.75, 3.05) is 42.5 Å². The van der Waals surface area contributed by atoms with Crippen LogP contribution in [0.5, 0.6) is 0 Å². The molecule has 0 saturated carbocycles. The van der Waals surface area contributed by atoms with E-state index >= 15 is 0 Å². The standard InChI is InChI=1S/C24H30N8O7S.C15H20N6O4.C9H10N2O3S.CH4/c1-5-25-21(33)17-16-18(39-24(3,4)38-16)22(37-17)32-12-28-15-19(26-11-27-20(15)32)31-23(34)30-13-7-9-14(10-8-13)40(35,36)29-6-2;1-4-17-13(22)9-8-10(25-15(2,3)24-8)14(23-9)21-6-20-7-11(16)18-5-19-12(7)21;1-2-11-15(13,14)9-5-3-8(4-6-9)10-7-12;/h7-12,16-18,22,29H,5-6H2,1-4H3,(H,25,33)(H2,26,27,30,31,34);5-6,8-10,14H,4H2,1-3H3,(H,17,22)(H2,16,18,19);3-6,11H,2H2,1H3;1H4/t16-,17+,18-,22-;8-,9+,10-,14-;;/m11../s1. The number of nitrogen functional groups attached to an aromatic ring is 1. The van der Waals surface area contributed by atoms with Crippen LogP contribution >= 0.6 is 0 Å². The highest BCUT2D eigenvalue weighted by Gasteiger charge is 2.59. The molecule has 32 heteroatoms. The van der Waals surface area contributed by atoms with E-state index in [-0.39, 0.29) is 52.7 Å². The second kappa shape index (κ2) is 25.1. The Labute approximate surface area is 465 Å². The minimum atomic E-state index is -3.61. The van der Waals surface area contributed by atoms with Gasteiger partial charge in [0.25, 0.3) is 11.8 Å². The number of sulfonamides is 2. The molecule has 4 amide bonds. The molecule has 8 heterocycles. The van der Waals surface area contributed by atoms with Gasteiger partial charge in [0.2, 0.25) is 26.1 Å². The zero-order valence-corrected chi connectivity index (χ0v) is 46.1. The fourth-order valence-electron chi connectivity index (χ4n) is 9.05. The van der Waals surface area contributed by atoms with E-state index in [4.69, 9.17) is 34.2 Å². The summed E-state index contributed by atoms with van der Waals surface area (Å²) in [5.41, 5.74) is 8.20. The number of hydrogen-bond donors (Lipinski definition) is 7. The number of fused-ring (bicyclic) bond motifs is 4. The van der Waals surface area contributed by atoms with Crippen LogP contribution in [0.4, 0.5) is 27.8 Å². The number of carbonyl (C=O) groups excluding carboxylic acids is 4. The number of amides is 4. The SMILES string of the molecule is C.CCNC(=O)[C@H]1O[C@@H](n2cnc3c(N)ncnc32)[C@@H]2OC(C)(C)O[C@@H]21.CCNC(=O)[C@H]1O[C@@H](n2cnc3c(NC(=O)Nc4ccc(S(=O)(=O)NCC)cc4)ncnc32)[C@@H]2OC(C)(C)O[C@@H]21.CCNS(=O)(=O)c1ccc(N=C=O)cc1. The minimum Gasteiger partial charge on any atom is -0.382 e. The molecular weight excluding hydrogens is 1100 g/mol. The Morgan fingerprint density at radius 2 is 1.06 bits per heavy atom. The summed E-state index contributed by atoms with van der Waals surface area (Å²) in [7, 11) is -7.04. The van der Waals surface area contributed by atoms with E-state index in [0.717, 1.165) is 0 Å². The summed E-state index contributed by atoms with van der Waals surface area (Å²) < 4.78 is 91.4. The van der Waals surface area contributed by atoms with Crippen LogP contribution < -0.4 is 36.4 Å². The van der Waals surface area contributed by atoms with Gasteiger partial charge >= 0.3 is 6.03 Å². The van der Waals surface area contributed by atoms with Crippen molar-refractivity contribution in [2.45, 2.75) is 133 Å². The lowest BCUT2D eigenvalue weighted by Crippen LogP contribution is -2.42. The van der Waals surface area contributed by atoms with Crippen molar-refractivity contribution in [3.05, 3.63) is 73.8 Å². The van der Waals surface area contributed by atoms with Gasteiger partial charge in [0.15, 0.2) is 64.7 Å². The lowest BCUT2D eigenvalue weighted by Gasteiger charge is -2.24. The van der Waals surface area contributed by atoms with E-state index in [1.807, 2.05) is 27.7 Å². The second-order valence-corrected chi connectivity index (χ2v) is 22.3. The van der Waals surface area contributed by atoms with E-state index in [1.165, 1.54) is 73.6 Å². The summed E-state index contributed by atoms with van der Waals surface area (Å²) in [6.07, 6.45) is 1.70. The first kappa shape index (κ1) is 61.1. The summed E-state index contributed by atoms with van der Waals surface area (Å²) in [6.45, 7) is 15.7. The molecule has 4 saturated heterocycles. The predicted molar refractivity (Wildman–Crippen MR) is 290 cm³/mol. The molecule has 4 fully saturated rings. The fourth-order valence-corrected chi connectivity index (χ4v) is 11.1. The van der Waals surface area contributed by atoms with Gasteiger partial charge in [-0.3, -0.25) is 24.0 Å². The van der Waals surface area contributed by atoms with Crippen molar-refractivity contribution < 1.29 is 64.4 Å². The van der Waals surface area contributed by atoms with Crippen molar-refractivity contribution in [2.24, 2.45) is 4.99 Å². The third kappa shape index (κ3) is 13.5. The van der Waals surface area contributed by atoms with Gasteiger partial charge in [-0.15, -0.1) is 0 Å². The van der Waals surface area contributed by atoms with Gasteiger partial charge in [-0.1, -0.05) is 21.3 Å². The summed E-state index contributed by atoms with van der Waals surface area (Å²) in [5.74, 6) is -1.88. The number of anilines is 3. The first-order valence-electron chi connectivity index (χ1n) is 25.1. The molecule has 8 atom stereocenters. The number of ether oxygens (including phenoxy) is 6. The smallest absolute Gasteiger partial charge is 0.324 e. The van der Waals surface area contributed by atoms with Crippen LogP contribution in [0.25, 0.3) is 22.3 Å². The van der Waals surface area contributed by atoms with Crippen LogP contribution in [0.15, 0.2) is 88.6 Å². The number of nitrogens with zero attached hydrogens (tertiary/aromatic N) is 9. The van der Waals surface area contributed by atoms with Crippen LogP contribution in [0.2, 0.25) is 0 Å². The zero-order valence-electron chi connectivity index (χ0n) is 44.5. The normalized spacial score (nSPS) is 23.1. The summed E-state index contributed by atoms with van der Waals surface area (Å²) >= 11 is 0. The fraction of sp³-hybridized carbons (Fsp3) is 0.469. The molecule has 0 bridgehead atoms. The lowest BCUT2D eigenvalue weighted by molar-refractivity contribution is -0.198. The highest BCUT2D eigenvalue weighted by atomic mass is 32.2. The Bertz CT molecular complexity index is 3510. The quantitative estimate of drug-likeness (QED) is 0.0574. The predicted octanol–water partition coefficient (Wildman–Crippen LogP) is 2.87. The molecule has 10 rings (SSSR count). The van der Waals surface area contributed by atoms with Crippen molar-refractivity contribution in [1.82, 2.24) is 59.1 Å². The maximum absolute atomic E-state index is 12.7. The first-order valence-corrected chi connectivity index (χ1v) is 28.0. The Kier molecular flexibility index (Phi) is 19.0. The van der Waals surface area contributed by atoms with E-state index in [9.17, 15) is 36.0 Å². The molecule has 0 spiro atoms. The number of isocyanates is 1. The number of benzene rings is 2. The number of rotatable bonds is 15. The van der Waals surface area contributed by atoms with Crippen LogP contribution in [0.1, 0.15) is 75.3 Å². The number of imidazole rings is 2. The Hall–Kier alpha value is -7.49. The van der Waals surface area contributed by atoms with Crippen LogP contribution in [-0.4, -0.2) is 154 Å². The molecule has 4 aromatic heterocycles. The summed E-state index contributed by atoms with van der Waals surface area (Å²) in [5, 5.41) is 10.8. The Morgan fingerprint density at radius 1 is 0.617 bits per heavy atom. The number of likely N-dealkylation sites (N-methyl/N-ethyl adjacent to an activating group) is 2. The van der Waals surface area contributed by atoms with Crippen molar-refractivity contribution in [3.63, 3.8) is 0 Å². The monoisotopic (exact) mass is 1160 g/mol. The van der Waals surface area contributed by atoms with Gasteiger partial charge in [-0.2, -0.15) is 4.99 Å². The molecule has 436 valence electrons. The van der Waals surface area contributed by atoms with Gasteiger partial charge < -0.3 is 50.1 Å². The number of urea groups is 1. The van der Waals surface area contributed by atoms with Gasteiger partial charge in [0.1, 0.15) is 42.6 Å². The number of hydrogen-bond acceptors (Lipinski definition) is 22. The Morgan fingerprint density at radius 3 is 1.53 bits per heavy atom. The van der Waals surface area contributed by atoms with E-state index in [1.54, 1.807) is 43.2 Å². The average molecular weight is 1170 g/mol. The van der Waals surface area contributed by atoms with Crippen LogP contribution in [-0.2, 0) is 62.9 Å². The molecule has 8 N–H and O–H groups in total. The number of nitrogens with one attached hydrogen (secondary N) is 6. The van der Waals surface area contributed by atoms with Crippen LogP contribution in [0.3, 0.4) is 0 Å². The van der Waals surface area contributed by atoms with Crippen molar-refractivity contribution in [1.29, 1.82) is 0 Å². The number of aromatic nitrogens is 8. The molecule has 81 heavy (non-hydrogen) atoms. The number of carbonyl (C=O) groups is 3. The molecule has 0 aliphatic carbocycles. The van der Waals surface area contributed by atoms with E-state index in [2.05, 4.69) is 65.6 Å². The molecule has 2 aromatic carbocycles. The lowest BCUT2D eigenvalue weighted by atomic mass is 10.1. The molecule has 4 aliphatic rings. The first-order chi connectivity index (χ1) is 38.0. The third-order valence-corrected chi connectivity index (χ3v) is 15.3. The highest BCUT2D eigenvalue weighted by Crippen LogP contribution is 2.45. The van der Waals surface area contributed by atoms with Gasteiger partial charge in [0, 0.05) is 31.9 Å². The largest absolute Gasteiger partial charge is 0.382 e. The van der Waals surface area contributed by atoms with Crippen molar-refractivity contribution >= 4 is 89.3 Å². The minimum absolute atomic E-state index is 0. The number of nitrogens with two attached hydrogens (primary N) is 1.